The number of aryl methyl sites for hydroxylation is 2. The number of rotatable bonds is 3. The molecule has 2 saturated heterocycles. The molecule has 0 spiro atoms. The predicted molar refractivity (Wildman–Crippen MR) is 104 cm³/mol. The van der Waals surface area contributed by atoms with Gasteiger partial charge in [0, 0.05) is 26.2 Å². The van der Waals surface area contributed by atoms with Crippen LogP contribution in [0.5, 0.6) is 0 Å². The van der Waals surface area contributed by atoms with E-state index in [-0.39, 0.29) is 18.4 Å². The summed E-state index contributed by atoms with van der Waals surface area (Å²) in [5, 5.41) is 8.79. The summed E-state index contributed by atoms with van der Waals surface area (Å²) >= 11 is 6.47. The van der Waals surface area contributed by atoms with Crippen LogP contribution >= 0.6 is 24.0 Å². The van der Waals surface area contributed by atoms with Crippen LogP contribution in [0, 0.1) is 0 Å². The number of hydrogen-bond donors (Lipinski definition) is 0. The van der Waals surface area contributed by atoms with Crippen molar-refractivity contribution in [3.8, 4) is 0 Å². The molecule has 0 bridgehead atoms. The van der Waals surface area contributed by atoms with E-state index in [1.165, 1.54) is 35.1 Å². The lowest BCUT2D eigenvalue weighted by Gasteiger charge is -2.36. The minimum Gasteiger partial charge on any atom is -0.352 e. The van der Waals surface area contributed by atoms with Gasteiger partial charge in [-0.1, -0.05) is 24.0 Å². The third-order valence-corrected chi connectivity index (χ3v) is 6.58. The normalized spacial score (nSPS) is 20.5. The number of piperazine rings is 1. The van der Waals surface area contributed by atoms with Gasteiger partial charge in [-0.05, 0) is 37.3 Å². The van der Waals surface area contributed by atoms with Crippen molar-refractivity contribution in [1.29, 1.82) is 0 Å². The molecule has 1 aromatic rings. The Kier molecular flexibility index (Phi) is 5.08. The molecule has 0 saturated carbocycles. The molecule has 0 aromatic carbocycles. The molecule has 2 amide bonds. The molecule has 0 atom stereocenters. The third kappa shape index (κ3) is 3.55. The molecule has 1 aromatic heterocycles. The summed E-state index contributed by atoms with van der Waals surface area (Å²) in [5.74, 6) is 1.14. The van der Waals surface area contributed by atoms with Gasteiger partial charge in [0.2, 0.25) is 11.8 Å². The van der Waals surface area contributed by atoms with Crippen molar-refractivity contribution < 1.29 is 9.59 Å². The van der Waals surface area contributed by atoms with Crippen molar-refractivity contribution in [2.45, 2.75) is 25.7 Å². The summed E-state index contributed by atoms with van der Waals surface area (Å²) in [5.41, 5.74) is 2.45. The number of carbonyl (C=O) groups excluding carboxylic acids is 2. The van der Waals surface area contributed by atoms with Crippen molar-refractivity contribution in [3.63, 3.8) is 0 Å². The van der Waals surface area contributed by atoms with E-state index in [1.807, 2.05) is 0 Å². The Balaban J connectivity index is 1.34. The molecule has 138 valence electrons. The van der Waals surface area contributed by atoms with Crippen LogP contribution in [-0.2, 0) is 22.4 Å². The zero-order valence-corrected chi connectivity index (χ0v) is 16.2. The summed E-state index contributed by atoms with van der Waals surface area (Å²) in [6, 6.07) is 2.16. The lowest BCUT2D eigenvalue weighted by Crippen LogP contribution is -2.52. The van der Waals surface area contributed by atoms with Crippen molar-refractivity contribution >= 4 is 45.9 Å². The Bertz CT molecular complexity index is 733. The minimum absolute atomic E-state index is 0.0422. The molecule has 1 aliphatic carbocycles. The number of thioether (sulfide) groups is 1. The number of thiocarbonyl (C=S) groups is 1. The first-order valence-electron chi connectivity index (χ1n) is 8.97. The molecule has 0 N–H and O–H groups in total. The van der Waals surface area contributed by atoms with Crippen LogP contribution in [0.2, 0.25) is 0 Å². The van der Waals surface area contributed by atoms with Crippen molar-refractivity contribution in [2.24, 2.45) is 0 Å². The molecule has 26 heavy (non-hydrogen) atoms. The maximum atomic E-state index is 12.5. The van der Waals surface area contributed by atoms with Crippen LogP contribution < -0.4 is 4.90 Å². The number of carbonyl (C=O) groups is 2. The maximum Gasteiger partial charge on any atom is 0.242 e. The molecular weight excluding hydrogens is 370 g/mol. The van der Waals surface area contributed by atoms with E-state index < -0.39 is 0 Å². The monoisotopic (exact) mass is 391 g/mol. The lowest BCUT2D eigenvalue weighted by molar-refractivity contribution is -0.136. The van der Waals surface area contributed by atoms with E-state index in [1.54, 1.807) is 4.90 Å². The summed E-state index contributed by atoms with van der Waals surface area (Å²) < 4.78 is 0.506. The second kappa shape index (κ2) is 7.48. The van der Waals surface area contributed by atoms with Gasteiger partial charge < -0.3 is 9.80 Å². The van der Waals surface area contributed by atoms with Gasteiger partial charge in [-0.3, -0.25) is 14.5 Å². The van der Waals surface area contributed by atoms with Gasteiger partial charge in [-0.15, -0.1) is 5.10 Å². The average Bonchev–Trinajstić information content (AvgIpc) is 2.99. The maximum absolute atomic E-state index is 12.5. The van der Waals surface area contributed by atoms with E-state index in [2.05, 4.69) is 21.2 Å². The summed E-state index contributed by atoms with van der Waals surface area (Å²) in [7, 11) is 0. The highest BCUT2D eigenvalue weighted by atomic mass is 32.2. The Morgan fingerprint density at radius 2 is 1.92 bits per heavy atom. The summed E-state index contributed by atoms with van der Waals surface area (Å²) in [4.78, 5) is 29.7. The molecule has 4 rings (SSSR count). The smallest absolute Gasteiger partial charge is 0.242 e. The Labute approximate surface area is 162 Å². The van der Waals surface area contributed by atoms with Crippen LogP contribution in [0.15, 0.2) is 6.07 Å². The molecule has 2 fully saturated rings. The Morgan fingerprint density at radius 3 is 2.65 bits per heavy atom. The van der Waals surface area contributed by atoms with E-state index >= 15 is 0 Å². The van der Waals surface area contributed by atoms with Gasteiger partial charge in [-0.2, -0.15) is 5.10 Å². The zero-order chi connectivity index (χ0) is 18.1. The van der Waals surface area contributed by atoms with Crippen LogP contribution in [0.3, 0.4) is 0 Å². The molecular formula is C17H21N5O2S2. The molecule has 9 heteroatoms. The van der Waals surface area contributed by atoms with Crippen LogP contribution in [0.1, 0.15) is 24.1 Å². The third-order valence-electron chi connectivity index (χ3n) is 5.15. The predicted octanol–water partition coefficient (Wildman–Crippen LogP) is 0.864. The lowest BCUT2D eigenvalue weighted by atomic mass is 9.97. The highest BCUT2D eigenvalue weighted by molar-refractivity contribution is 8.23. The number of anilines is 1. The van der Waals surface area contributed by atoms with Gasteiger partial charge in [0.05, 0.1) is 11.4 Å². The second-order valence-corrected chi connectivity index (χ2v) is 8.39. The number of aromatic nitrogens is 2. The number of nitrogens with zero attached hydrogens (tertiary/aromatic N) is 5. The highest BCUT2D eigenvalue weighted by Gasteiger charge is 2.31. The first kappa shape index (κ1) is 17.7. The first-order valence-corrected chi connectivity index (χ1v) is 10.4. The summed E-state index contributed by atoms with van der Waals surface area (Å²) in [6.45, 7) is 2.76. The number of hydrogen-bond acceptors (Lipinski definition) is 7. The van der Waals surface area contributed by atoms with Gasteiger partial charge in [0.15, 0.2) is 5.82 Å². The number of amides is 2. The van der Waals surface area contributed by atoms with Crippen LogP contribution in [0.25, 0.3) is 0 Å². The zero-order valence-electron chi connectivity index (χ0n) is 14.5. The standard InChI is InChI=1S/C17H21N5O2S2/c23-15(10-22-16(24)11-26-17(22)25)21-7-5-20(6-8-21)14-9-12-3-1-2-4-13(12)18-19-14/h9H,1-8,10-11H2. The van der Waals surface area contributed by atoms with Crippen molar-refractivity contribution in [3.05, 3.63) is 17.3 Å². The quantitative estimate of drug-likeness (QED) is 0.708. The van der Waals surface area contributed by atoms with Gasteiger partial charge >= 0.3 is 0 Å². The second-order valence-electron chi connectivity index (χ2n) is 6.78. The summed E-state index contributed by atoms with van der Waals surface area (Å²) in [6.07, 6.45) is 4.53. The fourth-order valence-corrected chi connectivity index (χ4v) is 4.66. The fraction of sp³-hybridized carbons (Fsp3) is 0.588. The topological polar surface area (TPSA) is 69.6 Å². The molecule has 3 heterocycles. The highest BCUT2D eigenvalue weighted by Crippen LogP contribution is 2.23. The largest absolute Gasteiger partial charge is 0.352 e. The van der Waals surface area contributed by atoms with Crippen molar-refractivity contribution in [1.82, 2.24) is 20.0 Å². The van der Waals surface area contributed by atoms with E-state index in [9.17, 15) is 9.59 Å². The molecule has 7 nitrogen and oxygen atoms in total. The SMILES string of the molecule is O=C(CN1C(=O)CSC1=S)N1CCN(c2cc3c(nn2)CCCC3)CC1. The molecule has 3 aliphatic rings. The van der Waals surface area contributed by atoms with E-state index in [0.29, 0.717) is 23.2 Å². The van der Waals surface area contributed by atoms with Gasteiger partial charge in [-0.25, -0.2) is 0 Å². The molecule has 0 unspecified atom stereocenters. The van der Waals surface area contributed by atoms with Gasteiger partial charge in [0.1, 0.15) is 10.9 Å². The Morgan fingerprint density at radius 1 is 1.15 bits per heavy atom. The molecule has 2 aliphatic heterocycles. The van der Waals surface area contributed by atoms with E-state index in [4.69, 9.17) is 12.2 Å². The fourth-order valence-electron chi connectivity index (χ4n) is 3.59. The van der Waals surface area contributed by atoms with Crippen LogP contribution in [-0.4, -0.2) is 74.6 Å². The minimum atomic E-state index is -0.0729. The molecule has 0 radical (unpaired) electrons. The Hall–Kier alpha value is -1.74. The van der Waals surface area contributed by atoms with Crippen LogP contribution in [0.4, 0.5) is 5.82 Å². The van der Waals surface area contributed by atoms with E-state index in [0.717, 1.165) is 37.4 Å². The number of fused-ring (bicyclic) bond motifs is 1. The average molecular weight is 392 g/mol. The van der Waals surface area contributed by atoms with Crippen molar-refractivity contribution in [2.75, 3.05) is 43.4 Å². The van der Waals surface area contributed by atoms with Gasteiger partial charge in [0.25, 0.3) is 0 Å². The first-order chi connectivity index (χ1) is 12.6.